The Bertz CT molecular complexity index is 1070. The van der Waals surface area contributed by atoms with Crippen molar-refractivity contribution in [2.75, 3.05) is 18.5 Å². The van der Waals surface area contributed by atoms with Crippen LogP contribution < -0.4 is 15.0 Å². The van der Waals surface area contributed by atoms with Crippen LogP contribution in [0.5, 0.6) is 5.75 Å². The van der Waals surface area contributed by atoms with Gasteiger partial charge in [-0.15, -0.1) is 11.3 Å². The highest BCUT2D eigenvalue weighted by molar-refractivity contribution is 9.10. The number of anilines is 1. The van der Waals surface area contributed by atoms with Crippen LogP contribution in [0.25, 0.3) is 10.6 Å². The molecule has 0 aliphatic carbocycles. The standard InChI is InChI=1S/C21H18BrN3O3S/c1-23-20(27)18-11-25(16-7-2-3-8-17(16)28-18)19(26)10-15-12-29-21(24-15)13-5-4-6-14(22)9-13/h2-9,12,18H,10-11H2,1H3,(H,23,27)/t18-/m1/s1. The third-order valence-electron chi connectivity index (χ3n) is 4.57. The number of halogens is 1. The molecular weight excluding hydrogens is 454 g/mol. The summed E-state index contributed by atoms with van der Waals surface area (Å²) in [6.45, 7) is 0.165. The van der Waals surface area contributed by atoms with Gasteiger partial charge >= 0.3 is 0 Å². The van der Waals surface area contributed by atoms with Crippen LogP contribution in [0.3, 0.4) is 0 Å². The van der Waals surface area contributed by atoms with E-state index in [-0.39, 0.29) is 24.8 Å². The number of fused-ring (bicyclic) bond motifs is 1. The number of likely N-dealkylation sites (N-methyl/N-ethyl adjacent to an activating group) is 1. The molecule has 6 nitrogen and oxygen atoms in total. The van der Waals surface area contributed by atoms with Crippen LogP contribution in [0.4, 0.5) is 5.69 Å². The topological polar surface area (TPSA) is 71.5 Å². The van der Waals surface area contributed by atoms with Gasteiger partial charge in [-0.1, -0.05) is 40.2 Å². The molecule has 8 heteroatoms. The Morgan fingerprint density at radius 1 is 1.28 bits per heavy atom. The van der Waals surface area contributed by atoms with E-state index in [1.54, 1.807) is 18.0 Å². The minimum absolute atomic E-state index is 0.124. The van der Waals surface area contributed by atoms with Crippen molar-refractivity contribution in [1.82, 2.24) is 10.3 Å². The molecule has 1 atom stereocenters. The molecule has 1 aliphatic rings. The minimum Gasteiger partial charge on any atom is -0.477 e. The van der Waals surface area contributed by atoms with Gasteiger partial charge in [0.15, 0.2) is 6.10 Å². The lowest BCUT2D eigenvalue weighted by atomic mass is 10.1. The summed E-state index contributed by atoms with van der Waals surface area (Å²) in [6, 6.07) is 15.1. The molecule has 0 spiro atoms. The number of hydrogen-bond donors (Lipinski definition) is 1. The van der Waals surface area contributed by atoms with Crippen LogP contribution in [0.2, 0.25) is 0 Å². The lowest BCUT2D eigenvalue weighted by molar-refractivity contribution is -0.127. The molecule has 0 saturated heterocycles. The molecule has 1 N–H and O–H groups in total. The summed E-state index contributed by atoms with van der Waals surface area (Å²) in [6.07, 6.45) is -0.592. The Hall–Kier alpha value is -2.71. The number of nitrogens with zero attached hydrogens (tertiary/aromatic N) is 2. The Labute approximate surface area is 180 Å². The first-order valence-corrected chi connectivity index (χ1v) is 10.7. The van der Waals surface area contributed by atoms with E-state index in [0.717, 1.165) is 15.0 Å². The Morgan fingerprint density at radius 3 is 2.90 bits per heavy atom. The molecule has 0 radical (unpaired) electrons. The van der Waals surface area contributed by atoms with Crippen molar-refractivity contribution in [1.29, 1.82) is 0 Å². The lowest BCUT2D eigenvalue weighted by Crippen LogP contribution is -2.50. The third kappa shape index (κ3) is 4.18. The van der Waals surface area contributed by atoms with Gasteiger partial charge in [0.2, 0.25) is 5.91 Å². The van der Waals surface area contributed by atoms with Gasteiger partial charge in [-0.25, -0.2) is 4.98 Å². The average Bonchev–Trinajstić information content (AvgIpc) is 3.20. The first kappa shape index (κ1) is 19.6. The van der Waals surface area contributed by atoms with Gasteiger partial charge in [0.25, 0.3) is 5.91 Å². The smallest absolute Gasteiger partial charge is 0.262 e. The number of benzene rings is 2. The number of amides is 2. The van der Waals surface area contributed by atoms with Gasteiger partial charge in [-0.2, -0.15) is 0 Å². The zero-order valence-electron chi connectivity index (χ0n) is 15.6. The predicted molar refractivity (Wildman–Crippen MR) is 116 cm³/mol. The van der Waals surface area contributed by atoms with E-state index >= 15 is 0 Å². The SMILES string of the molecule is CNC(=O)[C@H]1CN(C(=O)Cc2csc(-c3cccc(Br)c3)n2)c2ccccc2O1. The molecule has 0 unspecified atom stereocenters. The maximum Gasteiger partial charge on any atom is 0.262 e. The van der Waals surface area contributed by atoms with E-state index in [1.807, 2.05) is 47.8 Å². The molecule has 29 heavy (non-hydrogen) atoms. The van der Waals surface area contributed by atoms with Gasteiger partial charge in [-0.05, 0) is 24.3 Å². The largest absolute Gasteiger partial charge is 0.477 e. The number of thiazole rings is 1. The van der Waals surface area contributed by atoms with Crippen LogP contribution in [-0.4, -0.2) is 36.5 Å². The Balaban J connectivity index is 1.56. The molecule has 0 bridgehead atoms. The number of nitrogens with one attached hydrogen (secondary N) is 1. The van der Waals surface area contributed by atoms with Crippen LogP contribution >= 0.6 is 27.3 Å². The Kier molecular flexibility index (Phi) is 5.64. The lowest BCUT2D eigenvalue weighted by Gasteiger charge is -2.34. The highest BCUT2D eigenvalue weighted by Crippen LogP contribution is 2.34. The van der Waals surface area contributed by atoms with Gasteiger partial charge in [-0.3, -0.25) is 9.59 Å². The second-order valence-corrected chi connectivity index (χ2v) is 8.30. The van der Waals surface area contributed by atoms with Crippen molar-refractivity contribution >= 4 is 44.8 Å². The zero-order valence-corrected chi connectivity index (χ0v) is 18.0. The van der Waals surface area contributed by atoms with Crippen molar-refractivity contribution < 1.29 is 14.3 Å². The summed E-state index contributed by atoms with van der Waals surface area (Å²) in [5, 5.41) is 5.34. The average molecular weight is 472 g/mol. The molecule has 3 aromatic rings. The fourth-order valence-electron chi connectivity index (χ4n) is 3.16. The molecule has 1 aromatic heterocycles. The second-order valence-electron chi connectivity index (χ2n) is 6.52. The number of hydrogen-bond acceptors (Lipinski definition) is 5. The fourth-order valence-corrected chi connectivity index (χ4v) is 4.38. The molecule has 4 rings (SSSR count). The molecule has 2 heterocycles. The van der Waals surface area contributed by atoms with Crippen molar-refractivity contribution in [3.8, 4) is 16.3 Å². The summed E-state index contributed by atoms with van der Waals surface area (Å²) < 4.78 is 6.74. The van der Waals surface area contributed by atoms with E-state index in [4.69, 9.17) is 4.74 Å². The fraction of sp³-hybridized carbons (Fsp3) is 0.190. The zero-order chi connectivity index (χ0) is 20.4. The molecule has 148 valence electrons. The van der Waals surface area contributed by atoms with Crippen molar-refractivity contribution in [3.63, 3.8) is 0 Å². The third-order valence-corrected chi connectivity index (χ3v) is 6.00. The number of carbonyl (C=O) groups is 2. The predicted octanol–water partition coefficient (Wildman–Crippen LogP) is 3.66. The minimum atomic E-state index is -0.744. The number of para-hydroxylation sites is 2. The summed E-state index contributed by atoms with van der Waals surface area (Å²) in [5.41, 5.74) is 2.37. The second kappa shape index (κ2) is 8.34. The maximum absolute atomic E-state index is 13.1. The molecule has 2 aromatic carbocycles. The molecule has 0 fully saturated rings. The van der Waals surface area contributed by atoms with Crippen LogP contribution in [0.15, 0.2) is 58.4 Å². The molecule has 1 aliphatic heterocycles. The van der Waals surface area contributed by atoms with Crippen LogP contribution in [-0.2, 0) is 16.0 Å². The van der Waals surface area contributed by atoms with Crippen molar-refractivity contribution in [2.24, 2.45) is 0 Å². The summed E-state index contributed by atoms with van der Waals surface area (Å²) in [7, 11) is 1.55. The van der Waals surface area contributed by atoms with Crippen LogP contribution in [0, 0.1) is 0 Å². The number of carbonyl (C=O) groups excluding carboxylic acids is 2. The monoisotopic (exact) mass is 471 g/mol. The van der Waals surface area contributed by atoms with E-state index < -0.39 is 6.10 Å². The molecular formula is C21H18BrN3O3S. The van der Waals surface area contributed by atoms with Crippen LogP contribution in [0.1, 0.15) is 5.69 Å². The first-order chi connectivity index (χ1) is 14.0. The normalized spacial score (nSPS) is 15.4. The molecule has 0 saturated carbocycles. The molecule has 2 amide bonds. The van der Waals surface area contributed by atoms with Gasteiger partial charge < -0.3 is 15.0 Å². The van der Waals surface area contributed by atoms with E-state index in [9.17, 15) is 9.59 Å². The Morgan fingerprint density at radius 2 is 2.10 bits per heavy atom. The number of aromatic nitrogens is 1. The summed E-state index contributed by atoms with van der Waals surface area (Å²) in [4.78, 5) is 31.4. The first-order valence-electron chi connectivity index (χ1n) is 9.03. The van der Waals surface area contributed by atoms with E-state index in [1.165, 1.54) is 11.3 Å². The highest BCUT2D eigenvalue weighted by Gasteiger charge is 2.33. The maximum atomic E-state index is 13.1. The van der Waals surface area contributed by atoms with Crippen molar-refractivity contribution in [2.45, 2.75) is 12.5 Å². The van der Waals surface area contributed by atoms with E-state index in [2.05, 4.69) is 26.2 Å². The van der Waals surface area contributed by atoms with Gasteiger partial charge in [0.1, 0.15) is 10.8 Å². The van der Waals surface area contributed by atoms with Gasteiger partial charge in [0, 0.05) is 22.5 Å². The highest BCUT2D eigenvalue weighted by atomic mass is 79.9. The summed E-state index contributed by atoms with van der Waals surface area (Å²) >= 11 is 4.97. The van der Waals surface area contributed by atoms with Gasteiger partial charge in [0.05, 0.1) is 24.3 Å². The van der Waals surface area contributed by atoms with Crippen molar-refractivity contribution in [3.05, 3.63) is 64.1 Å². The summed E-state index contributed by atoms with van der Waals surface area (Å²) in [5.74, 6) is 0.137. The van der Waals surface area contributed by atoms with E-state index in [0.29, 0.717) is 17.1 Å². The number of rotatable bonds is 4. The quantitative estimate of drug-likeness (QED) is 0.630. The number of ether oxygens (including phenoxy) is 1.